The van der Waals surface area contributed by atoms with Gasteiger partial charge in [0.05, 0.1) is 6.04 Å². The smallest absolute Gasteiger partial charge is 0.325 e. The third-order valence-corrected chi connectivity index (χ3v) is 15.9. The number of aliphatic imine (C=N–C) groups is 1. The van der Waals surface area contributed by atoms with E-state index in [1.807, 2.05) is 0 Å². The predicted molar refractivity (Wildman–Crippen MR) is 378 cm³/mol. The molecule has 0 aromatic heterocycles. The normalized spacial score (nSPS) is 15.3. The maximum atomic E-state index is 14.1. The molecule has 1 rings (SSSR count). The Hall–Kier alpha value is -10.2. The van der Waals surface area contributed by atoms with E-state index >= 15 is 0 Å². The molecule has 0 aliphatic rings. The number of amides is 14. The summed E-state index contributed by atoms with van der Waals surface area (Å²) in [5.74, 6) is -17.4. The molecular formula is C64H105N19O20S. The lowest BCUT2D eigenvalue weighted by Crippen LogP contribution is -2.60. The van der Waals surface area contributed by atoms with Crippen molar-refractivity contribution in [1.82, 2.24) is 74.4 Å². The molecule has 0 aliphatic heterocycles. The molecule has 0 saturated heterocycles. The number of carbonyl (C=O) groups is 17. The Labute approximate surface area is 607 Å². The molecule has 0 bridgehead atoms. The Morgan fingerprint density at radius 2 is 0.702 bits per heavy atom. The van der Waals surface area contributed by atoms with Crippen LogP contribution in [0.4, 0.5) is 0 Å². The lowest BCUT2D eigenvalue weighted by molar-refractivity contribution is -0.141. The first kappa shape index (κ1) is 91.8. The number of aliphatic carboxylic acids is 3. The van der Waals surface area contributed by atoms with Crippen molar-refractivity contribution >= 4 is 119 Å². The molecule has 582 valence electrons. The molecule has 25 N–H and O–H groups in total. The fourth-order valence-electron chi connectivity index (χ4n) is 9.28. The number of nitrogens with one attached hydrogen (secondary N) is 14. The number of carbonyl (C=O) groups excluding carboxylic acids is 14. The van der Waals surface area contributed by atoms with Crippen molar-refractivity contribution in [2.24, 2.45) is 33.8 Å². The van der Waals surface area contributed by atoms with Gasteiger partial charge in [-0.05, 0) is 125 Å². The highest BCUT2D eigenvalue weighted by molar-refractivity contribution is 7.80. The van der Waals surface area contributed by atoms with Crippen LogP contribution in [0.3, 0.4) is 0 Å². The third kappa shape index (κ3) is 35.6. The van der Waals surface area contributed by atoms with Gasteiger partial charge in [-0.3, -0.25) is 86.5 Å². The van der Waals surface area contributed by atoms with Crippen molar-refractivity contribution in [3.8, 4) is 0 Å². The number of hydrogen-bond donors (Lipinski definition) is 22. The topological polar surface area (TPSA) is 636 Å². The van der Waals surface area contributed by atoms with E-state index in [9.17, 15) is 86.6 Å². The van der Waals surface area contributed by atoms with Crippen LogP contribution in [-0.4, -0.2) is 231 Å². The van der Waals surface area contributed by atoms with Crippen molar-refractivity contribution in [2.75, 3.05) is 18.8 Å². The number of carboxylic acids is 3. The lowest BCUT2D eigenvalue weighted by atomic mass is 10.00. The van der Waals surface area contributed by atoms with Crippen molar-refractivity contribution in [2.45, 2.75) is 230 Å². The van der Waals surface area contributed by atoms with Crippen LogP contribution in [0.15, 0.2) is 35.3 Å². The van der Waals surface area contributed by atoms with E-state index in [0.717, 1.165) is 0 Å². The molecule has 1 aromatic carbocycles. The summed E-state index contributed by atoms with van der Waals surface area (Å²) in [6, 6.07) is -12.2. The second-order valence-corrected chi connectivity index (χ2v) is 25.6. The van der Waals surface area contributed by atoms with Gasteiger partial charge < -0.3 is 113 Å². The van der Waals surface area contributed by atoms with Crippen molar-refractivity contribution in [3.63, 3.8) is 0 Å². The lowest BCUT2D eigenvalue weighted by Gasteiger charge is -2.27. The van der Waals surface area contributed by atoms with Crippen molar-refractivity contribution in [1.29, 1.82) is 0 Å². The summed E-state index contributed by atoms with van der Waals surface area (Å²) in [5.41, 5.74) is 23.1. The Bertz CT molecular complexity index is 3180. The summed E-state index contributed by atoms with van der Waals surface area (Å²) in [6.07, 6.45) is -1.35. The van der Waals surface area contributed by atoms with Gasteiger partial charge in [0.15, 0.2) is 5.96 Å². The molecule has 0 fully saturated rings. The monoisotopic (exact) mass is 1490 g/mol. The minimum absolute atomic E-state index is 0.0269. The largest absolute Gasteiger partial charge is 0.481 e. The number of nitrogens with zero attached hydrogens (tertiary/aromatic N) is 1. The van der Waals surface area contributed by atoms with Gasteiger partial charge in [-0.15, -0.1) is 0 Å². The average Bonchev–Trinajstić information content (AvgIpc) is 0.862. The second kappa shape index (κ2) is 47.1. The molecule has 15 atom stereocenters. The van der Waals surface area contributed by atoms with E-state index in [2.05, 4.69) is 92.1 Å². The number of thiol groups is 1. The summed E-state index contributed by atoms with van der Waals surface area (Å²) in [5, 5.41) is 61.7. The molecule has 104 heavy (non-hydrogen) atoms. The fraction of sp³-hybridized carbons (Fsp3) is 0.625. The van der Waals surface area contributed by atoms with Crippen LogP contribution in [-0.2, 0) is 87.9 Å². The second-order valence-electron chi connectivity index (χ2n) is 25.3. The standard InChI is InChI=1S/C64H105N19O20S/c1-30(2)27-44(81-56(95)40(66)21-23-47(84)85)61(100)82-45(28-39-17-12-11-13-18-39)60(99)76-37(9)54(93)78-42(20-16-26-69-64(67)68)59(98)80-43(22-24-48(86)87)58(97)75-35(7)52(91)71-31(3)49(88)70-32(4)50(89)73-36(8)55(94)83-46(29-104)62(101)79-41(19-14-15-25-65)57(96)74-34(6)51(90)72-33(5)53(92)77-38(10)63(102)103/h11-13,17-18,30-38,40-46,104H,14-16,19-29,65-66H2,1-10H3,(H,70,88)(H,71,91)(H,72,90)(H,73,89)(H,74,96)(H,75,97)(H,76,99)(H,77,92)(H,78,93)(H,79,101)(H,80,98)(H,81,95)(H,82,100)(H,83,94)(H,84,85)(H,86,87)(H,102,103)(H4,67,68,69)/t31?,32?,33?,34?,35?,36?,37-,38?,40-,41-,42-,43-,44-,45-,46-/m0/s1. The van der Waals surface area contributed by atoms with Crippen molar-refractivity contribution < 1.29 is 96.8 Å². The Balaban J connectivity index is 3.18. The van der Waals surface area contributed by atoms with Crippen LogP contribution in [0.2, 0.25) is 0 Å². The van der Waals surface area contributed by atoms with E-state index in [1.54, 1.807) is 44.2 Å². The molecular weight excluding hydrogens is 1390 g/mol. The predicted octanol–water partition coefficient (Wildman–Crippen LogP) is -6.52. The molecule has 0 radical (unpaired) electrons. The van der Waals surface area contributed by atoms with Gasteiger partial charge in [-0.2, -0.15) is 12.6 Å². The molecule has 0 saturated carbocycles. The molecule has 7 unspecified atom stereocenters. The number of guanidine groups is 1. The average molecular weight is 1490 g/mol. The summed E-state index contributed by atoms with van der Waals surface area (Å²) >= 11 is 4.17. The SMILES string of the molecule is CC(C)C[C@H](NC(=O)[C@@H](N)CCC(=O)O)C(=O)N[C@@H](Cc1ccccc1)C(=O)N[C@@H](C)C(=O)N[C@@H](CCCN=C(N)N)C(=O)N[C@@H](CCC(=O)O)C(=O)NC(C)C(=O)NC(C)C(=O)NC(C)C(=O)NC(C)C(=O)N[C@@H](CS)C(=O)N[C@@H](CCCCN)C(=O)NC(C)C(=O)NC(C)C(=O)NC(C)C(=O)O. The van der Waals surface area contributed by atoms with Crippen molar-refractivity contribution in [3.05, 3.63) is 35.9 Å². The third-order valence-electron chi connectivity index (χ3n) is 15.5. The quantitative estimate of drug-likeness (QED) is 0.0125. The molecule has 0 heterocycles. The van der Waals surface area contributed by atoms with Crippen LogP contribution in [0.25, 0.3) is 0 Å². The first-order valence-corrected chi connectivity index (χ1v) is 34.3. The van der Waals surface area contributed by atoms with Crippen LogP contribution >= 0.6 is 12.6 Å². The zero-order chi connectivity index (χ0) is 79.2. The molecule has 40 heteroatoms. The highest BCUT2D eigenvalue weighted by Gasteiger charge is 2.36. The number of unbranched alkanes of at least 4 members (excludes halogenated alkanes) is 1. The Morgan fingerprint density at radius 1 is 0.385 bits per heavy atom. The number of rotatable bonds is 48. The minimum atomic E-state index is -1.69. The summed E-state index contributed by atoms with van der Waals surface area (Å²) < 4.78 is 0. The first-order chi connectivity index (χ1) is 48.6. The van der Waals surface area contributed by atoms with Gasteiger partial charge in [-0.25, -0.2) is 0 Å². The van der Waals surface area contributed by atoms with Gasteiger partial charge in [0.1, 0.15) is 84.6 Å². The highest BCUT2D eigenvalue weighted by atomic mass is 32.1. The molecule has 39 nitrogen and oxygen atoms in total. The number of hydrogen-bond acceptors (Lipinski definition) is 21. The number of benzene rings is 1. The molecule has 0 aliphatic carbocycles. The van der Waals surface area contributed by atoms with Crippen LogP contribution < -0.4 is 97.4 Å². The highest BCUT2D eigenvalue weighted by Crippen LogP contribution is 2.12. The molecule has 14 amide bonds. The molecule has 1 aromatic rings. The first-order valence-electron chi connectivity index (χ1n) is 33.7. The number of carboxylic acid groups (broad SMARTS) is 3. The van der Waals surface area contributed by atoms with Crippen LogP contribution in [0, 0.1) is 5.92 Å². The van der Waals surface area contributed by atoms with Gasteiger partial charge in [0, 0.05) is 31.6 Å². The van der Waals surface area contributed by atoms with Gasteiger partial charge >= 0.3 is 17.9 Å². The Kier molecular flexibility index (Phi) is 41.6. The zero-order valence-electron chi connectivity index (χ0n) is 60.0. The summed E-state index contributed by atoms with van der Waals surface area (Å²) in [6.45, 7) is 13.7. The van der Waals surface area contributed by atoms with Gasteiger partial charge in [-0.1, -0.05) is 44.2 Å². The molecule has 0 spiro atoms. The zero-order valence-corrected chi connectivity index (χ0v) is 60.9. The van der Waals surface area contributed by atoms with E-state index in [1.165, 1.54) is 55.4 Å². The summed E-state index contributed by atoms with van der Waals surface area (Å²) in [4.78, 5) is 226. The van der Waals surface area contributed by atoms with E-state index in [-0.39, 0.29) is 69.2 Å². The fourth-order valence-corrected chi connectivity index (χ4v) is 9.54. The number of nitrogens with two attached hydrogens (primary N) is 4. The van der Waals surface area contributed by atoms with Crippen LogP contribution in [0.1, 0.15) is 139 Å². The van der Waals surface area contributed by atoms with Gasteiger partial charge in [0.25, 0.3) is 0 Å². The Morgan fingerprint density at radius 3 is 1.10 bits per heavy atom. The van der Waals surface area contributed by atoms with Crippen LogP contribution in [0.5, 0.6) is 0 Å². The maximum Gasteiger partial charge on any atom is 0.325 e. The van der Waals surface area contributed by atoms with E-state index in [0.29, 0.717) is 18.4 Å². The van der Waals surface area contributed by atoms with Gasteiger partial charge in [0.2, 0.25) is 82.7 Å². The maximum absolute atomic E-state index is 14.1. The van der Waals surface area contributed by atoms with E-state index < -0.39 is 210 Å². The minimum Gasteiger partial charge on any atom is -0.481 e. The summed E-state index contributed by atoms with van der Waals surface area (Å²) in [7, 11) is 0. The van der Waals surface area contributed by atoms with E-state index in [4.69, 9.17) is 33.1 Å².